The molecular weight excluding hydrogens is 289 g/mol. The summed E-state index contributed by atoms with van der Waals surface area (Å²) in [6.45, 7) is 4.80. The first-order chi connectivity index (χ1) is 9.91. The lowest BCUT2D eigenvalue weighted by molar-refractivity contribution is -0.0167. The first-order valence-electron chi connectivity index (χ1n) is 7.73. The van der Waals surface area contributed by atoms with E-state index in [9.17, 15) is 9.50 Å². The van der Waals surface area contributed by atoms with Gasteiger partial charge in [0, 0.05) is 22.5 Å². The summed E-state index contributed by atoms with van der Waals surface area (Å²) in [4.78, 5) is 0. The van der Waals surface area contributed by atoms with Crippen LogP contribution in [0.2, 0.25) is 5.02 Å². The van der Waals surface area contributed by atoms with E-state index in [1.54, 1.807) is 12.1 Å². The first kappa shape index (κ1) is 16.7. The number of hydrogen-bond acceptors (Lipinski definition) is 2. The molecule has 21 heavy (non-hydrogen) atoms. The second kappa shape index (κ2) is 6.64. The molecule has 1 unspecified atom stereocenters. The lowest BCUT2D eigenvalue weighted by atomic mass is 9.64. The minimum Gasteiger partial charge on any atom is -0.388 e. The van der Waals surface area contributed by atoms with Crippen molar-refractivity contribution >= 4 is 11.6 Å². The van der Waals surface area contributed by atoms with Crippen molar-refractivity contribution in [2.24, 2.45) is 23.0 Å². The van der Waals surface area contributed by atoms with E-state index in [2.05, 4.69) is 13.8 Å². The van der Waals surface area contributed by atoms with Gasteiger partial charge in [0.1, 0.15) is 5.82 Å². The van der Waals surface area contributed by atoms with Gasteiger partial charge in [0.15, 0.2) is 0 Å². The fourth-order valence-electron chi connectivity index (χ4n) is 3.55. The third-order valence-electron chi connectivity index (χ3n) is 5.23. The van der Waals surface area contributed by atoms with E-state index < -0.39 is 17.3 Å². The summed E-state index contributed by atoms with van der Waals surface area (Å²) in [6.07, 6.45) is 2.75. The Balaban J connectivity index is 2.25. The molecule has 0 amide bonds. The Kier molecular flexibility index (Phi) is 5.29. The Labute approximate surface area is 131 Å². The molecule has 0 saturated heterocycles. The maximum absolute atomic E-state index is 14.1. The molecule has 0 aliphatic heterocycles. The van der Waals surface area contributed by atoms with E-state index in [0.717, 1.165) is 25.7 Å². The summed E-state index contributed by atoms with van der Waals surface area (Å²) >= 11 is 6.10. The van der Waals surface area contributed by atoms with Crippen LogP contribution in [0.25, 0.3) is 0 Å². The Bertz CT molecular complexity index is 463. The van der Waals surface area contributed by atoms with Crippen molar-refractivity contribution in [1.29, 1.82) is 0 Å². The second-order valence-electron chi connectivity index (χ2n) is 6.69. The minimum atomic E-state index is -0.940. The average molecular weight is 314 g/mol. The number of benzene rings is 1. The van der Waals surface area contributed by atoms with Gasteiger partial charge in [-0.15, -0.1) is 0 Å². The van der Waals surface area contributed by atoms with Crippen molar-refractivity contribution in [3.63, 3.8) is 0 Å². The largest absolute Gasteiger partial charge is 0.388 e. The van der Waals surface area contributed by atoms with Crippen molar-refractivity contribution in [2.45, 2.75) is 45.6 Å². The molecule has 1 aliphatic rings. The van der Waals surface area contributed by atoms with Crippen LogP contribution in [-0.2, 0) is 0 Å². The molecule has 1 atom stereocenters. The molecule has 0 aromatic heterocycles. The molecule has 1 aliphatic carbocycles. The Hall–Kier alpha value is -0.640. The van der Waals surface area contributed by atoms with E-state index in [4.69, 9.17) is 17.3 Å². The van der Waals surface area contributed by atoms with Crippen LogP contribution in [0.15, 0.2) is 18.2 Å². The predicted octanol–water partition coefficient (Wildman–Crippen LogP) is 4.30. The minimum absolute atomic E-state index is 0.201. The van der Waals surface area contributed by atoms with Gasteiger partial charge < -0.3 is 10.8 Å². The van der Waals surface area contributed by atoms with E-state index >= 15 is 0 Å². The zero-order valence-corrected chi connectivity index (χ0v) is 13.5. The van der Waals surface area contributed by atoms with Crippen molar-refractivity contribution < 1.29 is 9.50 Å². The van der Waals surface area contributed by atoms with Gasteiger partial charge in [-0.25, -0.2) is 4.39 Å². The van der Waals surface area contributed by atoms with Crippen molar-refractivity contribution in [1.82, 2.24) is 0 Å². The van der Waals surface area contributed by atoms with Gasteiger partial charge in [-0.3, -0.25) is 0 Å². The monoisotopic (exact) mass is 313 g/mol. The molecule has 0 spiro atoms. The summed E-state index contributed by atoms with van der Waals surface area (Å²) in [7, 11) is 0. The molecule has 1 aromatic carbocycles. The van der Waals surface area contributed by atoms with Gasteiger partial charge in [-0.1, -0.05) is 31.5 Å². The second-order valence-corrected chi connectivity index (χ2v) is 7.09. The molecular formula is C17H25ClFNO. The fraction of sp³-hybridized carbons (Fsp3) is 0.647. The number of nitrogens with two attached hydrogens (primary N) is 1. The van der Waals surface area contributed by atoms with Gasteiger partial charge in [0.2, 0.25) is 0 Å². The molecule has 118 valence electrons. The quantitative estimate of drug-likeness (QED) is 0.870. The highest BCUT2D eigenvalue weighted by molar-refractivity contribution is 6.31. The van der Waals surface area contributed by atoms with Crippen LogP contribution in [0.1, 0.15) is 51.2 Å². The topological polar surface area (TPSA) is 46.2 Å². The molecule has 1 saturated carbocycles. The Morgan fingerprint density at radius 3 is 2.48 bits per heavy atom. The van der Waals surface area contributed by atoms with Crippen LogP contribution in [0.5, 0.6) is 0 Å². The standard InChI is InChI=1S/C17H25ClFNO/c1-11(2)12-6-8-17(10-20,9-7-12)16(21)15-13(18)4-3-5-14(15)19/h3-5,11-12,16,21H,6-10,20H2,1-2H3. The van der Waals surface area contributed by atoms with Gasteiger partial charge in [0.25, 0.3) is 0 Å². The van der Waals surface area contributed by atoms with Crippen LogP contribution >= 0.6 is 11.6 Å². The molecule has 3 N–H and O–H groups in total. The maximum atomic E-state index is 14.1. The highest BCUT2D eigenvalue weighted by atomic mass is 35.5. The molecule has 1 fully saturated rings. The molecule has 1 aromatic rings. The summed E-state index contributed by atoms with van der Waals surface area (Å²) in [5, 5.41) is 11.1. The average Bonchev–Trinajstić information content (AvgIpc) is 2.46. The van der Waals surface area contributed by atoms with Crippen LogP contribution in [0.4, 0.5) is 4.39 Å². The molecule has 2 rings (SSSR count). The molecule has 0 bridgehead atoms. The summed E-state index contributed by atoms with van der Waals surface area (Å²) in [5.74, 6) is 0.844. The summed E-state index contributed by atoms with van der Waals surface area (Å²) in [6, 6.07) is 4.51. The number of aliphatic hydroxyl groups excluding tert-OH is 1. The normalized spacial score (nSPS) is 27.9. The molecule has 4 heteroatoms. The predicted molar refractivity (Wildman–Crippen MR) is 84.7 cm³/mol. The lowest BCUT2D eigenvalue weighted by Gasteiger charge is -2.44. The van der Waals surface area contributed by atoms with Crippen molar-refractivity contribution in [3.05, 3.63) is 34.6 Å². The summed E-state index contributed by atoms with van der Waals surface area (Å²) < 4.78 is 14.1. The zero-order chi connectivity index (χ0) is 15.6. The van der Waals surface area contributed by atoms with Crippen LogP contribution in [-0.4, -0.2) is 11.7 Å². The van der Waals surface area contributed by atoms with Crippen LogP contribution < -0.4 is 5.73 Å². The highest BCUT2D eigenvalue weighted by Gasteiger charge is 2.42. The molecule has 2 nitrogen and oxygen atoms in total. The van der Waals surface area contributed by atoms with Crippen LogP contribution in [0, 0.1) is 23.1 Å². The van der Waals surface area contributed by atoms with Gasteiger partial charge in [-0.2, -0.15) is 0 Å². The maximum Gasteiger partial charge on any atom is 0.130 e. The van der Waals surface area contributed by atoms with Crippen molar-refractivity contribution in [3.8, 4) is 0 Å². The Morgan fingerprint density at radius 2 is 2.00 bits per heavy atom. The van der Waals surface area contributed by atoms with Crippen LogP contribution in [0.3, 0.4) is 0 Å². The van der Waals surface area contributed by atoms with Gasteiger partial charge >= 0.3 is 0 Å². The molecule has 0 heterocycles. The smallest absolute Gasteiger partial charge is 0.130 e. The fourth-order valence-corrected chi connectivity index (χ4v) is 3.82. The van der Waals surface area contributed by atoms with Gasteiger partial charge in [-0.05, 0) is 49.7 Å². The van der Waals surface area contributed by atoms with E-state index in [0.29, 0.717) is 18.4 Å². The highest BCUT2D eigenvalue weighted by Crippen LogP contribution is 2.49. The summed E-state index contributed by atoms with van der Waals surface area (Å²) in [5.41, 5.74) is 5.71. The third kappa shape index (κ3) is 3.25. The van der Waals surface area contributed by atoms with E-state index in [-0.39, 0.29) is 10.6 Å². The molecule has 0 radical (unpaired) electrons. The lowest BCUT2D eigenvalue weighted by Crippen LogP contribution is -2.41. The number of halogens is 2. The van der Waals surface area contributed by atoms with E-state index in [1.807, 2.05) is 0 Å². The third-order valence-corrected chi connectivity index (χ3v) is 5.56. The zero-order valence-electron chi connectivity index (χ0n) is 12.8. The first-order valence-corrected chi connectivity index (χ1v) is 8.11. The van der Waals surface area contributed by atoms with E-state index in [1.165, 1.54) is 6.07 Å². The Morgan fingerprint density at radius 1 is 1.38 bits per heavy atom. The number of aliphatic hydroxyl groups is 1. The SMILES string of the molecule is CC(C)C1CCC(CN)(C(O)c2c(F)cccc2Cl)CC1. The number of rotatable bonds is 4. The number of hydrogen-bond donors (Lipinski definition) is 2. The van der Waals surface area contributed by atoms with Gasteiger partial charge in [0.05, 0.1) is 6.10 Å². The van der Waals surface area contributed by atoms with Crippen molar-refractivity contribution in [2.75, 3.05) is 6.54 Å².